The molecule has 2 heterocycles. The van der Waals surface area contributed by atoms with Gasteiger partial charge in [-0.1, -0.05) is 12.1 Å². The summed E-state index contributed by atoms with van der Waals surface area (Å²) in [6, 6.07) is 10.3. The zero-order chi connectivity index (χ0) is 13.4. The van der Waals surface area contributed by atoms with Crippen molar-refractivity contribution < 1.29 is 0 Å². The molecular formula is C14H9IN4. The van der Waals surface area contributed by atoms with E-state index >= 15 is 0 Å². The molecule has 3 aromatic rings. The Bertz CT molecular complexity index is 814. The predicted octanol–water partition coefficient (Wildman–Crippen LogP) is 3.11. The summed E-state index contributed by atoms with van der Waals surface area (Å²) in [5, 5.41) is 15.5. The lowest BCUT2D eigenvalue weighted by Crippen LogP contribution is -1.94. The van der Waals surface area contributed by atoms with Crippen LogP contribution in [0.4, 0.5) is 0 Å². The van der Waals surface area contributed by atoms with Crippen molar-refractivity contribution in [2.75, 3.05) is 0 Å². The molecule has 0 aliphatic rings. The third-order valence-corrected chi connectivity index (χ3v) is 3.97. The highest BCUT2D eigenvalue weighted by Crippen LogP contribution is 2.26. The predicted molar refractivity (Wildman–Crippen MR) is 81.4 cm³/mol. The summed E-state index contributed by atoms with van der Waals surface area (Å²) >= 11 is 2.29. The summed E-state index contributed by atoms with van der Waals surface area (Å²) in [6.45, 7) is 0. The van der Waals surface area contributed by atoms with Crippen molar-refractivity contribution in [2.45, 2.75) is 0 Å². The summed E-state index contributed by atoms with van der Waals surface area (Å²) in [6.07, 6.45) is 3.53. The van der Waals surface area contributed by atoms with Crippen LogP contribution < -0.4 is 0 Å². The number of hydrogen-bond acceptors (Lipinski definition) is 3. The Labute approximate surface area is 123 Å². The van der Waals surface area contributed by atoms with E-state index in [1.54, 1.807) is 17.9 Å². The SMILES string of the molecule is Cn1ncc(-c2cc3cccc(I)c3cn2)c1C#N. The molecular weight excluding hydrogens is 351 g/mol. The number of pyridine rings is 1. The van der Waals surface area contributed by atoms with Crippen LogP contribution in [0.3, 0.4) is 0 Å². The van der Waals surface area contributed by atoms with Crippen LogP contribution in [0.1, 0.15) is 5.69 Å². The van der Waals surface area contributed by atoms with Crippen molar-refractivity contribution in [1.82, 2.24) is 14.8 Å². The minimum Gasteiger partial charge on any atom is -0.257 e. The van der Waals surface area contributed by atoms with Gasteiger partial charge in [0.15, 0.2) is 0 Å². The highest BCUT2D eigenvalue weighted by molar-refractivity contribution is 14.1. The highest BCUT2D eigenvalue weighted by Gasteiger charge is 2.12. The van der Waals surface area contributed by atoms with E-state index in [4.69, 9.17) is 5.26 Å². The maximum atomic E-state index is 9.17. The van der Waals surface area contributed by atoms with E-state index in [2.05, 4.69) is 44.8 Å². The van der Waals surface area contributed by atoms with Gasteiger partial charge in [-0.3, -0.25) is 9.67 Å². The van der Waals surface area contributed by atoms with E-state index in [1.807, 2.05) is 24.4 Å². The van der Waals surface area contributed by atoms with E-state index in [1.165, 1.54) is 3.57 Å². The number of aryl methyl sites for hydroxylation is 1. The van der Waals surface area contributed by atoms with Crippen LogP contribution in [-0.4, -0.2) is 14.8 Å². The Kier molecular flexibility index (Phi) is 2.95. The molecule has 0 radical (unpaired) electrons. The molecule has 0 unspecified atom stereocenters. The molecule has 5 heteroatoms. The monoisotopic (exact) mass is 360 g/mol. The minimum absolute atomic E-state index is 0.525. The molecule has 0 saturated heterocycles. The van der Waals surface area contributed by atoms with E-state index < -0.39 is 0 Å². The first-order chi connectivity index (χ1) is 9.20. The van der Waals surface area contributed by atoms with Crippen molar-refractivity contribution in [3.63, 3.8) is 0 Å². The van der Waals surface area contributed by atoms with Gasteiger partial charge in [-0.05, 0) is 40.1 Å². The van der Waals surface area contributed by atoms with E-state index in [0.717, 1.165) is 22.0 Å². The summed E-state index contributed by atoms with van der Waals surface area (Å²) in [4.78, 5) is 4.45. The van der Waals surface area contributed by atoms with Crippen LogP contribution in [0.5, 0.6) is 0 Å². The quantitative estimate of drug-likeness (QED) is 0.627. The van der Waals surface area contributed by atoms with E-state index in [9.17, 15) is 0 Å². The van der Waals surface area contributed by atoms with Crippen LogP contribution >= 0.6 is 22.6 Å². The van der Waals surface area contributed by atoms with Crippen molar-refractivity contribution in [3.05, 3.63) is 45.9 Å². The first kappa shape index (κ1) is 12.1. The molecule has 0 saturated carbocycles. The molecule has 0 amide bonds. The molecule has 19 heavy (non-hydrogen) atoms. The molecule has 3 rings (SSSR count). The number of aromatic nitrogens is 3. The lowest BCUT2D eigenvalue weighted by Gasteiger charge is -2.03. The zero-order valence-corrected chi connectivity index (χ0v) is 12.3. The molecule has 0 N–H and O–H groups in total. The number of nitriles is 1. The average molecular weight is 360 g/mol. The van der Waals surface area contributed by atoms with Gasteiger partial charge in [-0.25, -0.2) is 0 Å². The third kappa shape index (κ3) is 1.98. The molecule has 0 spiro atoms. The van der Waals surface area contributed by atoms with Gasteiger partial charge >= 0.3 is 0 Å². The number of halogens is 1. The first-order valence-electron chi connectivity index (χ1n) is 5.67. The van der Waals surface area contributed by atoms with Crippen LogP contribution in [-0.2, 0) is 7.05 Å². The van der Waals surface area contributed by atoms with E-state index in [0.29, 0.717) is 5.69 Å². The third-order valence-electron chi connectivity index (χ3n) is 3.03. The first-order valence-corrected chi connectivity index (χ1v) is 6.75. The second kappa shape index (κ2) is 4.63. The van der Waals surface area contributed by atoms with Crippen molar-refractivity contribution in [1.29, 1.82) is 5.26 Å². The van der Waals surface area contributed by atoms with E-state index in [-0.39, 0.29) is 0 Å². The van der Waals surface area contributed by atoms with Crippen LogP contribution in [0.2, 0.25) is 0 Å². The average Bonchev–Trinajstić information content (AvgIpc) is 2.79. The van der Waals surface area contributed by atoms with Gasteiger partial charge in [0, 0.05) is 22.2 Å². The second-order valence-corrected chi connectivity index (χ2v) is 5.33. The minimum atomic E-state index is 0.525. The maximum Gasteiger partial charge on any atom is 0.147 e. The largest absolute Gasteiger partial charge is 0.257 e. The number of hydrogen-bond donors (Lipinski definition) is 0. The Hall–Kier alpha value is -1.94. The fraction of sp³-hybridized carbons (Fsp3) is 0.0714. The van der Waals surface area contributed by atoms with Crippen LogP contribution in [0.15, 0.2) is 36.7 Å². The van der Waals surface area contributed by atoms with Gasteiger partial charge in [0.25, 0.3) is 0 Å². The Balaban J connectivity index is 2.24. The fourth-order valence-electron chi connectivity index (χ4n) is 2.04. The number of nitrogens with zero attached hydrogens (tertiary/aromatic N) is 4. The normalized spacial score (nSPS) is 10.6. The Morgan fingerprint density at radius 3 is 2.95 bits per heavy atom. The smallest absolute Gasteiger partial charge is 0.147 e. The molecule has 2 aromatic heterocycles. The molecule has 0 fully saturated rings. The van der Waals surface area contributed by atoms with Crippen molar-refractivity contribution >= 4 is 33.4 Å². The van der Waals surface area contributed by atoms with Crippen LogP contribution in [0.25, 0.3) is 22.0 Å². The molecule has 1 aromatic carbocycles. The lowest BCUT2D eigenvalue weighted by atomic mass is 10.1. The summed E-state index contributed by atoms with van der Waals surface area (Å²) in [5.41, 5.74) is 2.07. The van der Waals surface area contributed by atoms with Gasteiger partial charge in [0.05, 0.1) is 17.5 Å². The van der Waals surface area contributed by atoms with Gasteiger partial charge in [-0.15, -0.1) is 0 Å². The molecule has 0 bridgehead atoms. The van der Waals surface area contributed by atoms with Crippen molar-refractivity contribution in [3.8, 4) is 17.3 Å². The lowest BCUT2D eigenvalue weighted by molar-refractivity contribution is 0.756. The highest BCUT2D eigenvalue weighted by atomic mass is 127. The molecule has 4 nitrogen and oxygen atoms in total. The molecule has 0 atom stereocenters. The Morgan fingerprint density at radius 2 is 2.16 bits per heavy atom. The zero-order valence-electron chi connectivity index (χ0n) is 10.1. The fourth-order valence-corrected chi connectivity index (χ4v) is 2.70. The number of benzene rings is 1. The number of rotatable bonds is 1. The van der Waals surface area contributed by atoms with Crippen molar-refractivity contribution in [2.24, 2.45) is 7.05 Å². The van der Waals surface area contributed by atoms with Crippen LogP contribution in [0, 0.1) is 14.9 Å². The standard InChI is InChI=1S/C14H9IN4/c1-19-14(6-16)11(8-18-19)13-5-9-3-2-4-12(15)10(9)7-17-13/h2-5,7-8H,1H3. The molecule has 0 aliphatic carbocycles. The maximum absolute atomic E-state index is 9.17. The summed E-state index contributed by atoms with van der Waals surface area (Å²) in [5.74, 6) is 0. The van der Waals surface area contributed by atoms with Gasteiger partial charge in [0.1, 0.15) is 11.8 Å². The second-order valence-electron chi connectivity index (χ2n) is 4.17. The summed E-state index contributed by atoms with van der Waals surface area (Å²) < 4.78 is 2.73. The topological polar surface area (TPSA) is 54.5 Å². The number of fused-ring (bicyclic) bond motifs is 1. The molecule has 0 aliphatic heterocycles. The van der Waals surface area contributed by atoms with Gasteiger partial charge < -0.3 is 0 Å². The van der Waals surface area contributed by atoms with Gasteiger partial charge in [0.2, 0.25) is 0 Å². The van der Waals surface area contributed by atoms with Gasteiger partial charge in [-0.2, -0.15) is 10.4 Å². The Morgan fingerprint density at radius 1 is 1.32 bits per heavy atom. The summed E-state index contributed by atoms with van der Waals surface area (Å²) in [7, 11) is 1.76. The molecule has 92 valence electrons.